The average molecular weight is 476 g/mol. The number of piperidine rings is 1. The van der Waals surface area contributed by atoms with E-state index in [0.29, 0.717) is 11.1 Å². The molecule has 0 aliphatic carbocycles. The highest BCUT2D eigenvalue weighted by molar-refractivity contribution is 8.00. The van der Waals surface area contributed by atoms with Crippen molar-refractivity contribution < 1.29 is 18.0 Å². The molecule has 0 saturated carbocycles. The van der Waals surface area contributed by atoms with Crippen molar-refractivity contribution in [3.63, 3.8) is 0 Å². The van der Waals surface area contributed by atoms with Crippen molar-refractivity contribution in [1.29, 1.82) is 0 Å². The van der Waals surface area contributed by atoms with Crippen LogP contribution in [0, 0.1) is 24.4 Å². The molecule has 1 aromatic heterocycles. The predicted octanol–water partition coefficient (Wildman–Crippen LogP) is 5.10. The molecule has 1 saturated heterocycles. The molecule has 1 N–H and O–H groups in total. The number of nitrogens with one attached hydrogen (secondary N) is 1. The van der Waals surface area contributed by atoms with E-state index in [1.54, 1.807) is 6.92 Å². The number of hydrogen-bond acceptors (Lipinski definition) is 5. The smallest absolute Gasteiger partial charge is 0.237 e. The summed E-state index contributed by atoms with van der Waals surface area (Å²) in [7, 11) is 0. The molecule has 1 fully saturated rings. The SMILES string of the molecule is Cc1ccc(-n2c(SC(C)C(=O)Nc3ccc(F)c(F)c3F)nnc2N2CCCCC2)cc1. The fourth-order valence-corrected chi connectivity index (χ4v) is 4.49. The molecule has 3 aromatic rings. The predicted molar refractivity (Wildman–Crippen MR) is 122 cm³/mol. The fraction of sp³-hybridized carbons (Fsp3) is 0.348. The van der Waals surface area contributed by atoms with Crippen molar-refractivity contribution in [2.24, 2.45) is 0 Å². The molecule has 1 aliphatic heterocycles. The summed E-state index contributed by atoms with van der Waals surface area (Å²) in [4.78, 5) is 14.9. The summed E-state index contributed by atoms with van der Waals surface area (Å²) in [6.45, 7) is 5.38. The Kier molecular flexibility index (Phi) is 6.92. The van der Waals surface area contributed by atoms with Crippen LogP contribution < -0.4 is 10.2 Å². The van der Waals surface area contributed by atoms with Crippen molar-refractivity contribution in [2.75, 3.05) is 23.3 Å². The van der Waals surface area contributed by atoms with E-state index in [1.165, 1.54) is 6.42 Å². The Morgan fingerprint density at radius 1 is 1.00 bits per heavy atom. The molecular formula is C23H24F3N5OS. The van der Waals surface area contributed by atoms with Crippen LogP contribution in [0.15, 0.2) is 41.6 Å². The van der Waals surface area contributed by atoms with Gasteiger partial charge in [-0.15, -0.1) is 10.2 Å². The van der Waals surface area contributed by atoms with E-state index < -0.39 is 34.3 Å². The Morgan fingerprint density at radius 2 is 1.70 bits per heavy atom. The lowest BCUT2D eigenvalue weighted by molar-refractivity contribution is -0.115. The van der Waals surface area contributed by atoms with E-state index in [1.807, 2.05) is 35.8 Å². The standard InChI is InChI=1S/C23H24F3N5OS/c1-14-6-8-16(9-7-14)31-22(30-12-4-3-5-13-30)28-29-23(31)33-15(2)21(32)27-18-11-10-17(24)19(25)20(18)26/h6-11,15H,3-5,12-13H2,1-2H3,(H,27,32). The maximum absolute atomic E-state index is 14.0. The molecular weight excluding hydrogens is 451 g/mol. The second-order valence-corrected chi connectivity index (χ2v) is 9.28. The first-order valence-corrected chi connectivity index (χ1v) is 11.6. The highest BCUT2D eigenvalue weighted by Gasteiger charge is 2.25. The first-order chi connectivity index (χ1) is 15.8. The zero-order valence-corrected chi connectivity index (χ0v) is 19.1. The third-order valence-electron chi connectivity index (χ3n) is 5.49. The first-order valence-electron chi connectivity index (χ1n) is 10.7. The van der Waals surface area contributed by atoms with Gasteiger partial charge in [0.15, 0.2) is 22.6 Å². The summed E-state index contributed by atoms with van der Waals surface area (Å²) < 4.78 is 42.6. The van der Waals surface area contributed by atoms with Gasteiger partial charge in [-0.3, -0.25) is 9.36 Å². The topological polar surface area (TPSA) is 63.1 Å². The molecule has 1 aliphatic rings. The number of hydrogen-bond donors (Lipinski definition) is 1. The zero-order chi connectivity index (χ0) is 23.5. The molecule has 10 heteroatoms. The van der Waals surface area contributed by atoms with Gasteiger partial charge in [-0.2, -0.15) is 0 Å². The van der Waals surface area contributed by atoms with Gasteiger partial charge in [0.2, 0.25) is 11.9 Å². The number of carbonyl (C=O) groups excluding carboxylic acids is 1. The quantitative estimate of drug-likeness (QED) is 0.397. The monoisotopic (exact) mass is 475 g/mol. The highest BCUT2D eigenvalue weighted by atomic mass is 32.2. The molecule has 0 spiro atoms. The molecule has 2 heterocycles. The van der Waals surface area contributed by atoms with Crippen LogP contribution in [0.1, 0.15) is 31.7 Å². The Hall–Kier alpha value is -3.01. The van der Waals surface area contributed by atoms with Gasteiger partial charge >= 0.3 is 0 Å². The third kappa shape index (κ3) is 5.00. The van der Waals surface area contributed by atoms with E-state index in [-0.39, 0.29) is 0 Å². The molecule has 1 amide bonds. The first kappa shape index (κ1) is 23.2. The average Bonchev–Trinajstić information content (AvgIpc) is 3.24. The van der Waals surface area contributed by atoms with Crippen molar-refractivity contribution in [2.45, 2.75) is 43.5 Å². The maximum atomic E-state index is 14.0. The Bertz CT molecular complexity index is 1150. The van der Waals surface area contributed by atoms with Gasteiger partial charge in [-0.05, 0) is 57.4 Å². The maximum Gasteiger partial charge on any atom is 0.237 e. The van der Waals surface area contributed by atoms with Crippen LogP contribution in [-0.2, 0) is 4.79 Å². The molecule has 33 heavy (non-hydrogen) atoms. The Balaban J connectivity index is 1.59. The number of thioether (sulfide) groups is 1. The van der Waals surface area contributed by atoms with Crippen LogP contribution in [0.3, 0.4) is 0 Å². The van der Waals surface area contributed by atoms with Crippen molar-refractivity contribution >= 4 is 29.3 Å². The minimum absolute atomic E-state index is 0.416. The molecule has 6 nitrogen and oxygen atoms in total. The molecule has 174 valence electrons. The van der Waals surface area contributed by atoms with Gasteiger partial charge in [-0.1, -0.05) is 29.5 Å². The van der Waals surface area contributed by atoms with Gasteiger partial charge < -0.3 is 10.2 Å². The minimum atomic E-state index is -1.63. The van der Waals surface area contributed by atoms with Crippen molar-refractivity contribution in [1.82, 2.24) is 14.8 Å². The largest absolute Gasteiger partial charge is 0.341 e. The van der Waals surface area contributed by atoms with Crippen LogP contribution in [0.5, 0.6) is 0 Å². The summed E-state index contributed by atoms with van der Waals surface area (Å²) in [5.74, 6) is -4.23. The summed E-state index contributed by atoms with van der Waals surface area (Å²) >= 11 is 1.15. The molecule has 2 aromatic carbocycles. The lowest BCUT2D eigenvalue weighted by Gasteiger charge is -2.28. The summed E-state index contributed by atoms with van der Waals surface area (Å²) in [6, 6.07) is 9.68. The number of nitrogens with zero attached hydrogens (tertiary/aromatic N) is 4. The Labute approximate surface area is 194 Å². The summed E-state index contributed by atoms with van der Waals surface area (Å²) in [6.07, 6.45) is 3.32. The number of amides is 1. The van der Waals surface area contributed by atoms with Gasteiger partial charge in [-0.25, -0.2) is 13.2 Å². The van der Waals surface area contributed by atoms with Crippen molar-refractivity contribution in [3.05, 3.63) is 59.4 Å². The van der Waals surface area contributed by atoms with E-state index in [4.69, 9.17) is 0 Å². The van der Waals surface area contributed by atoms with Gasteiger partial charge in [0.25, 0.3) is 0 Å². The molecule has 1 unspecified atom stereocenters. The lowest BCUT2D eigenvalue weighted by atomic mass is 10.1. The molecule has 4 rings (SSSR count). The summed E-state index contributed by atoms with van der Waals surface area (Å²) in [5, 5.41) is 10.9. The van der Waals surface area contributed by atoms with Gasteiger partial charge in [0.1, 0.15) is 0 Å². The van der Waals surface area contributed by atoms with Crippen molar-refractivity contribution in [3.8, 4) is 5.69 Å². The van der Waals surface area contributed by atoms with Crippen LogP contribution in [-0.4, -0.2) is 39.0 Å². The number of carbonyl (C=O) groups is 1. The fourth-order valence-electron chi connectivity index (χ4n) is 3.63. The van der Waals surface area contributed by atoms with Gasteiger partial charge in [0, 0.05) is 13.1 Å². The number of halogens is 3. The Morgan fingerprint density at radius 3 is 2.39 bits per heavy atom. The van der Waals surface area contributed by atoms with Crippen LogP contribution in [0.2, 0.25) is 0 Å². The summed E-state index contributed by atoms with van der Waals surface area (Å²) in [5.41, 5.74) is 1.56. The third-order valence-corrected chi connectivity index (χ3v) is 6.53. The molecule has 0 radical (unpaired) electrons. The number of aromatic nitrogens is 3. The number of benzene rings is 2. The van der Waals surface area contributed by atoms with E-state index in [9.17, 15) is 18.0 Å². The number of rotatable bonds is 6. The van der Waals surface area contributed by atoms with Crippen LogP contribution in [0.25, 0.3) is 5.69 Å². The number of aryl methyl sites for hydroxylation is 1. The lowest BCUT2D eigenvalue weighted by Crippen LogP contribution is -2.31. The molecule has 0 bridgehead atoms. The second-order valence-electron chi connectivity index (χ2n) is 7.97. The minimum Gasteiger partial charge on any atom is -0.341 e. The van der Waals surface area contributed by atoms with Gasteiger partial charge in [0.05, 0.1) is 16.6 Å². The van der Waals surface area contributed by atoms with E-state index >= 15 is 0 Å². The van der Waals surface area contributed by atoms with Crippen LogP contribution >= 0.6 is 11.8 Å². The van der Waals surface area contributed by atoms with E-state index in [2.05, 4.69) is 20.4 Å². The highest BCUT2D eigenvalue weighted by Crippen LogP contribution is 2.31. The zero-order valence-electron chi connectivity index (χ0n) is 18.3. The molecule has 1 atom stereocenters. The van der Waals surface area contributed by atoms with E-state index in [0.717, 1.165) is 61.1 Å². The van der Waals surface area contributed by atoms with Crippen LogP contribution in [0.4, 0.5) is 24.8 Å². The second kappa shape index (κ2) is 9.86. The number of anilines is 2. The normalized spacial score (nSPS) is 14.9.